The third-order valence-corrected chi connectivity index (χ3v) is 4.56. The van der Waals surface area contributed by atoms with Gasteiger partial charge in [0.2, 0.25) is 0 Å². The zero-order chi connectivity index (χ0) is 11.9. The van der Waals surface area contributed by atoms with E-state index in [1.807, 2.05) is 6.08 Å². The molecule has 3 aliphatic carbocycles. The van der Waals surface area contributed by atoms with Gasteiger partial charge in [-0.2, -0.15) is 0 Å². The molecule has 16 heavy (non-hydrogen) atoms. The van der Waals surface area contributed by atoms with Crippen molar-refractivity contribution in [2.75, 3.05) is 0 Å². The van der Waals surface area contributed by atoms with E-state index in [1.54, 1.807) is 0 Å². The van der Waals surface area contributed by atoms with Crippen molar-refractivity contribution in [3.05, 3.63) is 23.3 Å². The fraction of sp³-hybridized carbons (Fsp3) is 0.667. The highest BCUT2D eigenvalue weighted by Gasteiger charge is 2.56. The summed E-state index contributed by atoms with van der Waals surface area (Å²) in [5, 5.41) is 0. The third kappa shape index (κ3) is 1.66. The molecule has 0 radical (unpaired) electrons. The van der Waals surface area contributed by atoms with Crippen LogP contribution in [0.4, 0.5) is 0 Å². The SMILES string of the molecule is CC(C)=CCC[C@]1(C)[C@@H]2C[C@H]1C(C)=CC2=O. The largest absolute Gasteiger partial charge is 0.295 e. The molecule has 0 saturated heterocycles. The highest BCUT2D eigenvalue weighted by Crippen LogP contribution is 2.60. The van der Waals surface area contributed by atoms with E-state index in [0.29, 0.717) is 17.6 Å². The maximum atomic E-state index is 11.9. The Hall–Kier alpha value is -0.850. The van der Waals surface area contributed by atoms with Crippen LogP contribution in [-0.2, 0) is 4.79 Å². The molecule has 0 spiro atoms. The van der Waals surface area contributed by atoms with Gasteiger partial charge in [-0.05, 0) is 57.4 Å². The monoisotopic (exact) mass is 218 g/mol. The van der Waals surface area contributed by atoms with Crippen molar-refractivity contribution in [1.82, 2.24) is 0 Å². The number of hydrogen-bond donors (Lipinski definition) is 0. The van der Waals surface area contributed by atoms with Gasteiger partial charge in [0.15, 0.2) is 5.78 Å². The first-order valence-corrected chi connectivity index (χ1v) is 6.30. The van der Waals surface area contributed by atoms with Crippen LogP contribution in [-0.4, -0.2) is 5.78 Å². The zero-order valence-corrected chi connectivity index (χ0v) is 10.8. The molecule has 0 aliphatic heterocycles. The van der Waals surface area contributed by atoms with Crippen LogP contribution in [0.5, 0.6) is 0 Å². The van der Waals surface area contributed by atoms with Crippen LogP contribution in [0.2, 0.25) is 0 Å². The van der Waals surface area contributed by atoms with Crippen LogP contribution in [0.3, 0.4) is 0 Å². The molecule has 1 fully saturated rings. The lowest BCUT2D eigenvalue weighted by Gasteiger charge is -2.56. The molecule has 0 amide bonds. The summed E-state index contributed by atoms with van der Waals surface area (Å²) >= 11 is 0. The average molecular weight is 218 g/mol. The van der Waals surface area contributed by atoms with Crippen molar-refractivity contribution < 1.29 is 4.79 Å². The first-order chi connectivity index (χ1) is 7.45. The van der Waals surface area contributed by atoms with Crippen molar-refractivity contribution >= 4 is 5.78 Å². The summed E-state index contributed by atoms with van der Waals surface area (Å²) in [6.07, 6.45) is 7.55. The molecule has 0 unspecified atom stereocenters. The van der Waals surface area contributed by atoms with E-state index in [4.69, 9.17) is 0 Å². The van der Waals surface area contributed by atoms with Crippen molar-refractivity contribution in [3.63, 3.8) is 0 Å². The molecule has 1 heteroatoms. The summed E-state index contributed by atoms with van der Waals surface area (Å²) in [6.45, 7) is 8.71. The van der Waals surface area contributed by atoms with E-state index >= 15 is 0 Å². The van der Waals surface area contributed by atoms with Crippen LogP contribution < -0.4 is 0 Å². The molecule has 0 aromatic heterocycles. The summed E-state index contributed by atoms with van der Waals surface area (Å²) in [7, 11) is 0. The van der Waals surface area contributed by atoms with Gasteiger partial charge in [0.1, 0.15) is 0 Å². The van der Waals surface area contributed by atoms with Gasteiger partial charge >= 0.3 is 0 Å². The van der Waals surface area contributed by atoms with Gasteiger partial charge in [0.05, 0.1) is 0 Å². The van der Waals surface area contributed by atoms with E-state index in [0.717, 1.165) is 19.3 Å². The molecule has 3 aliphatic rings. The van der Waals surface area contributed by atoms with E-state index in [9.17, 15) is 4.79 Å². The Balaban J connectivity index is 2.08. The second kappa shape index (κ2) is 3.87. The van der Waals surface area contributed by atoms with Gasteiger partial charge in [0, 0.05) is 5.92 Å². The smallest absolute Gasteiger partial charge is 0.159 e. The zero-order valence-electron chi connectivity index (χ0n) is 10.8. The van der Waals surface area contributed by atoms with Crippen LogP contribution in [0, 0.1) is 17.3 Å². The van der Waals surface area contributed by atoms with Crippen LogP contribution in [0.25, 0.3) is 0 Å². The number of rotatable bonds is 3. The van der Waals surface area contributed by atoms with Crippen molar-refractivity contribution in [2.24, 2.45) is 17.3 Å². The number of fused-ring (bicyclic) bond motifs is 1. The highest BCUT2D eigenvalue weighted by molar-refractivity contribution is 5.95. The first-order valence-electron chi connectivity index (χ1n) is 6.30. The lowest BCUT2D eigenvalue weighted by Crippen LogP contribution is -2.53. The molecule has 88 valence electrons. The maximum absolute atomic E-state index is 11.9. The summed E-state index contributed by atoms with van der Waals surface area (Å²) in [4.78, 5) is 11.9. The lowest BCUT2D eigenvalue weighted by atomic mass is 9.46. The van der Waals surface area contributed by atoms with Crippen molar-refractivity contribution in [2.45, 2.75) is 47.0 Å². The molecule has 2 bridgehead atoms. The number of carbonyl (C=O) groups excluding carboxylic acids is 1. The molecule has 3 rings (SSSR count). The molecule has 0 N–H and O–H groups in total. The van der Waals surface area contributed by atoms with Crippen LogP contribution >= 0.6 is 0 Å². The minimum absolute atomic E-state index is 0.252. The Kier molecular flexibility index (Phi) is 2.81. The van der Waals surface area contributed by atoms with Gasteiger partial charge in [-0.3, -0.25) is 4.79 Å². The quantitative estimate of drug-likeness (QED) is 0.656. The number of ketones is 1. The maximum Gasteiger partial charge on any atom is 0.159 e. The van der Waals surface area contributed by atoms with Crippen molar-refractivity contribution in [1.29, 1.82) is 0 Å². The van der Waals surface area contributed by atoms with Gasteiger partial charge in [-0.1, -0.05) is 24.1 Å². The Morgan fingerprint density at radius 1 is 1.50 bits per heavy atom. The normalized spacial score (nSPS) is 36.5. The first kappa shape index (κ1) is 11.6. The number of carbonyl (C=O) groups is 1. The van der Waals surface area contributed by atoms with Gasteiger partial charge in [-0.25, -0.2) is 0 Å². The van der Waals surface area contributed by atoms with E-state index in [-0.39, 0.29) is 5.41 Å². The highest BCUT2D eigenvalue weighted by atomic mass is 16.1. The molecular formula is C15H22O. The second-order valence-corrected chi connectivity index (χ2v) is 5.96. The summed E-state index contributed by atoms with van der Waals surface area (Å²) in [5.74, 6) is 1.35. The average Bonchev–Trinajstić information content (AvgIpc) is 2.14. The van der Waals surface area contributed by atoms with Crippen LogP contribution in [0.1, 0.15) is 47.0 Å². The lowest BCUT2D eigenvalue weighted by molar-refractivity contribution is -0.136. The molecule has 0 aromatic rings. The Bertz CT molecular complexity index is 371. The van der Waals surface area contributed by atoms with E-state index < -0.39 is 0 Å². The van der Waals surface area contributed by atoms with Gasteiger partial charge in [0.25, 0.3) is 0 Å². The second-order valence-electron chi connectivity index (χ2n) is 5.96. The van der Waals surface area contributed by atoms with Crippen LogP contribution in [0.15, 0.2) is 23.3 Å². The molecule has 1 saturated carbocycles. The Labute approximate surface area is 98.6 Å². The predicted octanol–water partition coefficient (Wildman–Crippen LogP) is 3.90. The summed E-state index contributed by atoms with van der Waals surface area (Å²) in [5.41, 5.74) is 2.95. The summed E-state index contributed by atoms with van der Waals surface area (Å²) < 4.78 is 0. The fourth-order valence-corrected chi connectivity index (χ4v) is 3.45. The molecule has 0 heterocycles. The molecule has 3 atom stereocenters. The van der Waals surface area contributed by atoms with Crippen molar-refractivity contribution in [3.8, 4) is 0 Å². The fourth-order valence-electron chi connectivity index (χ4n) is 3.45. The van der Waals surface area contributed by atoms with E-state index in [2.05, 4.69) is 33.8 Å². The standard InChI is InChI=1S/C15H22O/c1-10(2)6-5-7-15(4)12-9-13(15)14(16)8-11(12)3/h6,8,12-13H,5,7,9H2,1-4H3/t12-,13+,15-/m0/s1. The van der Waals surface area contributed by atoms with Gasteiger partial charge < -0.3 is 0 Å². The molecular weight excluding hydrogens is 196 g/mol. The van der Waals surface area contributed by atoms with E-state index in [1.165, 1.54) is 11.1 Å². The number of allylic oxidation sites excluding steroid dienone is 4. The van der Waals surface area contributed by atoms with Gasteiger partial charge in [-0.15, -0.1) is 0 Å². The third-order valence-electron chi connectivity index (χ3n) is 4.56. The number of hydrogen-bond acceptors (Lipinski definition) is 1. The minimum atomic E-state index is 0.252. The summed E-state index contributed by atoms with van der Waals surface area (Å²) in [6, 6.07) is 0. The predicted molar refractivity (Wildman–Crippen MR) is 67.1 cm³/mol. The minimum Gasteiger partial charge on any atom is -0.295 e. The Morgan fingerprint density at radius 3 is 2.69 bits per heavy atom. The Morgan fingerprint density at radius 2 is 2.19 bits per heavy atom. The topological polar surface area (TPSA) is 17.1 Å². The molecule has 0 aromatic carbocycles. The molecule has 1 nitrogen and oxygen atoms in total.